The van der Waals surface area contributed by atoms with Crippen LogP contribution in [0.1, 0.15) is 49.8 Å². The van der Waals surface area contributed by atoms with Crippen molar-refractivity contribution >= 4 is 28.9 Å². The topological polar surface area (TPSA) is 118 Å². The molecule has 2 bridgehead atoms. The van der Waals surface area contributed by atoms with Gasteiger partial charge in [0.15, 0.2) is 5.65 Å². The van der Waals surface area contributed by atoms with Crippen molar-refractivity contribution in [3.05, 3.63) is 40.1 Å². The number of hydrogen-bond donors (Lipinski definition) is 1. The van der Waals surface area contributed by atoms with E-state index in [1.54, 1.807) is 16.3 Å². The highest BCUT2D eigenvalue weighted by Crippen LogP contribution is 2.33. The largest absolute Gasteiger partial charge is 0.490 e. The summed E-state index contributed by atoms with van der Waals surface area (Å²) >= 11 is 0. The molecule has 3 saturated heterocycles. The van der Waals surface area contributed by atoms with Gasteiger partial charge < -0.3 is 14.9 Å². The molecule has 14 heteroatoms. The van der Waals surface area contributed by atoms with Crippen LogP contribution >= 0.6 is 0 Å². The Morgan fingerprint density at radius 1 is 1.07 bits per heavy atom. The number of halogens is 3. The highest BCUT2D eigenvalue weighted by Gasteiger charge is 2.42. The van der Waals surface area contributed by atoms with Gasteiger partial charge in [0.1, 0.15) is 11.5 Å². The second-order valence-corrected chi connectivity index (χ2v) is 11.6. The lowest BCUT2D eigenvalue weighted by Gasteiger charge is -2.51. The number of imidazole rings is 1. The zero-order chi connectivity index (χ0) is 29.7. The number of carbonyl (C=O) groups is 2. The van der Waals surface area contributed by atoms with Gasteiger partial charge in [0, 0.05) is 45.8 Å². The third-order valence-electron chi connectivity index (χ3n) is 7.15. The maximum absolute atomic E-state index is 13.2. The van der Waals surface area contributed by atoms with Gasteiger partial charge in [0.05, 0.1) is 11.2 Å². The second kappa shape index (κ2) is 10.3. The summed E-state index contributed by atoms with van der Waals surface area (Å²) in [4.78, 5) is 44.3. The second-order valence-electron chi connectivity index (χ2n) is 11.6. The number of piperidine rings is 2. The number of carbonyl (C=O) groups excluding carboxylic acids is 1. The third-order valence-corrected chi connectivity index (χ3v) is 7.15. The van der Waals surface area contributed by atoms with Crippen molar-refractivity contribution < 1.29 is 27.9 Å². The molecule has 0 saturated carbocycles. The van der Waals surface area contributed by atoms with E-state index in [1.165, 1.54) is 0 Å². The normalized spacial score (nSPS) is 19.1. The zero-order valence-corrected chi connectivity index (χ0v) is 23.4. The fourth-order valence-electron chi connectivity index (χ4n) is 5.37. The van der Waals surface area contributed by atoms with E-state index in [1.807, 2.05) is 41.6 Å². The van der Waals surface area contributed by atoms with Crippen LogP contribution in [0.2, 0.25) is 0 Å². The summed E-state index contributed by atoms with van der Waals surface area (Å²) in [6.45, 7) is 10.4. The molecule has 0 aromatic carbocycles. The molecule has 3 aromatic heterocycles. The van der Waals surface area contributed by atoms with Crippen molar-refractivity contribution in [3.8, 4) is 0 Å². The van der Waals surface area contributed by atoms with Crippen molar-refractivity contribution in [2.75, 3.05) is 18.0 Å². The summed E-state index contributed by atoms with van der Waals surface area (Å²) in [7, 11) is 3.61. The van der Waals surface area contributed by atoms with Gasteiger partial charge in [-0.15, -0.1) is 0 Å². The van der Waals surface area contributed by atoms with E-state index in [0.29, 0.717) is 24.4 Å². The number of aryl methyl sites for hydroxylation is 3. The maximum atomic E-state index is 13.2. The van der Waals surface area contributed by atoms with Crippen LogP contribution in [0.25, 0.3) is 11.2 Å². The molecule has 40 heavy (non-hydrogen) atoms. The number of amides is 1. The lowest BCUT2D eigenvalue weighted by atomic mass is 9.90. The number of rotatable bonds is 3. The lowest BCUT2D eigenvalue weighted by molar-refractivity contribution is -0.192. The summed E-state index contributed by atoms with van der Waals surface area (Å²) < 4.78 is 36.9. The maximum Gasteiger partial charge on any atom is 0.490 e. The SMILES string of the molecule is Cc1cc(C(=O)N2CC3CCC2CN3c2ccc3c(n2)n(C)c(=O)n3CC(C)(C)C)n(C)n1.O=C(O)C(F)(F)F. The molecule has 2 unspecified atom stereocenters. The summed E-state index contributed by atoms with van der Waals surface area (Å²) in [5.41, 5.74) is 3.03. The van der Waals surface area contributed by atoms with Crippen LogP contribution in [0.5, 0.6) is 0 Å². The molecule has 6 heterocycles. The van der Waals surface area contributed by atoms with Crippen LogP contribution in [0, 0.1) is 12.3 Å². The summed E-state index contributed by atoms with van der Waals surface area (Å²) in [6.07, 6.45) is -3.06. The molecule has 1 amide bonds. The Labute approximate surface area is 228 Å². The first kappa shape index (κ1) is 29.2. The van der Waals surface area contributed by atoms with E-state index < -0.39 is 12.1 Å². The van der Waals surface area contributed by atoms with Crippen molar-refractivity contribution in [2.45, 2.75) is 65.3 Å². The van der Waals surface area contributed by atoms with Gasteiger partial charge >= 0.3 is 17.8 Å². The molecule has 0 aliphatic carbocycles. The number of aromatic nitrogens is 5. The molecule has 11 nitrogen and oxygen atoms in total. The first-order chi connectivity index (χ1) is 18.5. The molecule has 0 radical (unpaired) electrons. The predicted molar refractivity (Wildman–Crippen MR) is 141 cm³/mol. The number of carboxylic acid groups (broad SMARTS) is 1. The Hall–Kier alpha value is -3.84. The Kier molecular flexibility index (Phi) is 7.50. The average Bonchev–Trinajstić information content (AvgIpc) is 3.33. The van der Waals surface area contributed by atoms with Crippen molar-refractivity contribution in [2.24, 2.45) is 19.5 Å². The zero-order valence-electron chi connectivity index (χ0n) is 23.4. The highest BCUT2D eigenvalue weighted by atomic mass is 19.4. The Morgan fingerprint density at radius 3 is 2.20 bits per heavy atom. The number of piperazine rings is 1. The minimum absolute atomic E-state index is 0.00872. The molecule has 3 aliphatic rings. The fraction of sp³-hybridized carbons (Fsp3) is 0.577. The quantitative estimate of drug-likeness (QED) is 0.519. The smallest absolute Gasteiger partial charge is 0.475 e. The molecule has 3 aliphatic heterocycles. The van der Waals surface area contributed by atoms with Crippen molar-refractivity contribution in [1.29, 1.82) is 0 Å². The third kappa shape index (κ3) is 5.70. The standard InChI is InChI=1S/C24H33N7O2.C2HF3O2/c1-15-11-19(28(6)26-15)22(32)30-13-16-7-8-17(30)12-29(16)20-10-9-18-21(25-20)27(5)23(33)31(18)14-24(2,3)4;3-2(4,5)1(6)7/h9-11,16-17H,7-8,12-14H2,1-6H3;(H,6,7). The van der Waals surface area contributed by atoms with Crippen molar-refractivity contribution in [1.82, 2.24) is 28.8 Å². The molecule has 0 spiro atoms. The van der Waals surface area contributed by atoms with Gasteiger partial charge in [-0.05, 0) is 43.4 Å². The Bertz CT molecular complexity index is 1500. The Balaban J connectivity index is 0.000000470. The Morgan fingerprint density at radius 2 is 1.70 bits per heavy atom. The van der Waals surface area contributed by atoms with Crippen LogP contribution < -0.4 is 10.6 Å². The van der Waals surface area contributed by atoms with Gasteiger partial charge in [0.25, 0.3) is 5.91 Å². The predicted octanol–water partition coefficient (Wildman–Crippen LogP) is 2.95. The van der Waals surface area contributed by atoms with E-state index in [0.717, 1.165) is 36.4 Å². The van der Waals surface area contributed by atoms with Crippen LogP contribution in [-0.4, -0.2) is 77.1 Å². The number of pyridine rings is 1. The van der Waals surface area contributed by atoms with Gasteiger partial charge in [-0.1, -0.05) is 20.8 Å². The summed E-state index contributed by atoms with van der Waals surface area (Å²) in [6, 6.07) is 6.27. The lowest BCUT2D eigenvalue weighted by Crippen LogP contribution is -2.64. The van der Waals surface area contributed by atoms with E-state index in [4.69, 9.17) is 14.9 Å². The molecular formula is C26H34F3N7O4. The molecule has 1 N–H and O–H groups in total. The molecule has 2 atom stereocenters. The van der Waals surface area contributed by atoms with Gasteiger partial charge in [-0.25, -0.2) is 14.6 Å². The van der Waals surface area contributed by atoms with E-state index in [9.17, 15) is 22.8 Å². The number of anilines is 1. The summed E-state index contributed by atoms with van der Waals surface area (Å²) in [5.74, 6) is -1.82. The summed E-state index contributed by atoms with van der Waals surface area (Å²) in [5, 5.41) is 11.5. The van der Waals surface area contributed by atoms with E-state index in [-0.39, 0.29) is 29.1 Å². The van der Waals surface area contributed by atoms with Gasteiger partial charge in [-0.3, -0.25) is 18.6 Å². The first-order valence-electron chi connectivity index (χ1n) is 12.9. The van der Waals surface area contributed by atoms with Crippen LogP contribution in [-0.2, 0) is 25.4 Å². The van der Waals surface area contributed by atoms with E-state index >= 15 is 0 Å². The number of alkyl halides is 3. The molecule has 3 fully saturated rings. The molecule has 3 aromatic rings. The number of carboxylic acids is 1. The number of fused-ring (bicyclic) bond motifs is 4. The highest BCUT2D eigenvalue weighted by molar-refractivity contribution is 5.93. The van der Waals surface area contributed by atoms with Crippen LogP contribution in [0.3, 0.4) is 0 Å². The fourth-order valence-corrected chi connectivity index (χ4v) is 5.37. The minimum Gasteiger partial charge on any atom is -0.475 e. The van der Waals surface area contributed by atoms with Crippen LogP contribution in [0.4, 0.5) is 19.0 Å². The van der Waals surface area contributed by atoms with Crippen molar-refractivity contribution in [3.63, 3.8) is 0 Å². The van der Waals surface area contributed by atoms with Gasteiger partial charge in [0.2, 0.25) is 0 Å². The van der Waals surface area contributed by atoms with Gasteiger partial charge in [-0.2, -0.15) is 18.3 Å². The monoisotopic (exact) mass is 565 g/mol. The molecular weight excluding hydrogens is 531 g/mol. The number of aliphatic carboxylic acids is 1. The number of nitrogens with zero attached hydrogens (tertiary/aromatic N) is 7. The average molecular weight is 566 g/mol. The van der Waals surface area contributed by atoms with E-state index in [2.05, 4.69) is 30.8 Å². The number of hydrogen-bond acceptors (Lipinski definition) is 6. The molecule has 218 valence electrons. The first-order valence-corrected chi connectivity index (χ1v) is 12.9. The van der Waals surface area contributed by atoms with Crippen LogP contribution in [0.15, 0.2) is 23.0 Å². The molecule has 6 rings (SSSR count). The minimum atomic E-state index is -5.08.